The number of thiazole rings is 1. The van der Waals surface area contributed by atoms with E-state index in [9.17, 15) is 0 Å². The molecule has 0 aliphatic carbocycles. The van der Waals surface area contributed by atoms with Crippen molar-refractivity contribution in [3.63, 3.8) is 0 Å². The zero-order valence-corrected chi connectivity index (χ0v) is 10.9. The van der Waals surface area contributed by atoms with Crippen molar-refractivity contribution in [1.82, 2.24) is 4.98 Å². The average molecular weight is 251 g/mol. The van der Waals surface area contributed by atoms with Gasteiger partial charge in [-0.2, -0.15) is 0 Å². The van der Waals surface area contributed by atoms with E-state index in [4.69, 9.17) is 0 Å². The molecule has 88 valence electrons. The first-order valence-corrected chi connectivity index (χ1v) is 6.74. The Morgan fingerprint density at radius 1 is 1.00 bits per heavy atom. The summed E-state index contributed by atoms with van der Waals surface area (Å²) in [5.41, 5.74) is 3.51. The number of nitrogens with zero attached hydrogens (tertiary/aromatic N) is 1. The second kappa shape index (κ2) is 4.75. The van der Waals surface area contributed by atoms with Crippen LogP contribution < -0.4 is 0 Å². The molecule has 0 unspecified atom stereocenters. The Labute approximate surface area is 110 Å². The summed E-state index contributed by atoms with van der Waals surface area (Å²) in [4.78, 5) is 4.66. The fraction of sp³-hybridized carbons (Fsp3) is 0.0625. The van der Waals surface area contributed by atoms with E-state index in [1.165, 1.54) is 15.8 Å². The van der Waals surface area contributed by atoms with Gasteiger partial charge in [0.2, 0.25) is 0 Å². The second-order valence-electron chi connectivity index (χ2n) is 4.22. The number of para-hydroxylation sites is 1. The molecule has 0 atom stereocenters. The predicted octanol–water partition coefficient (Wildman–Crippen LogP) is 4.86. The molecule has 0 fully saturated rings. The highest BCUT2D eigenvalue weighted by Crippen LogP contribution is 2.27. The van der Waals surface area contributed by atoms with E-state index in [1.807, 2.05) is 12.1 Å². The van der Waals surface area contributed by atoms with Crippen LogP contribution in [0.25, 0.3) is 21.9 Å². The van der Waals surface area contributed by atoms with Crippen LogP contribution in [0.15, 0.2) is 54.6 Å². The van der Waals surface area contributed by atoms with Gasteiger partial charge in [-0.1, -0.05) is 42.5 Å². The maximum atomic E-state index is 4.66. The van der Waals surface area contributed by atoms with E-state index < -0.39 is 0 Å². The third-order valence-electron chi connectivity index (χ3n) is 2.81. The van der Waals surface area contributed by atoms with Crippen molar-refractivity contribution in [2.24, 2.45) is 0 Å². The molecule has 0 amide bonds. The summed E-state index contributed by atoms with van der Waals surface area (Å²) in [5.74, 6) is 0. The third-order valence-corrected chi connectivity index (χ3v) is 3.99. The fourth-order valence-corrected chi connectivity index (χ4v) is 2.84. The number of fused-ring (bicyclic) bond motifs is 1. The maximum absolute atomic E-state index is 4.66. The molecule has 3 aromatic rings. The van der Waals surface area contributed by atoms with E-state index in [2.05, 4.69) is 60.4 Å². The zero-order valence-electron chi connectivity index (χ0n) is 10.1. The highest BCUT2D eigenvalue weighted by Gasteiger charge is 2.04. The standard InChI is InChI=1S/C16H13NS/c1-12(11-13-7-3-2-4-8-13)16-17-14-9-5-6-10-15(14)18-16/h2-11H,1H3/b12-11-. The van der Waals surface area contributed by atoms with Gasteiger partial charge in [-0.3, -0.25) is 0 Å². The van der Waals surface area contributed by atoms with Gasteiger partial charge < -0.3 is 0 Å². The van der Waals surface area contributed by atoms with Gasteiger partial charge in [0.1, 0.15) is 5.01 Å². The van der Waals surface area contributed by atoms with Gasteiger partial charge in [-0.15, -0.1) is 11.3 Å². The van der Waals surface area contributed by atoms with Gasteiger partial charge in [-0.05, 0) is 36.3 Å². The Morgan fingerprint density at radius 2 is 1.72 bits per heavy atom. The molecule has 0 spiro atoms. The first-order valence-electron chi connectivity index (χ1n) is 5.92. The van der Waals surface area contributed by atoms with Gasteiger partial charge in [0.25, 0.3) is 0 Å². The summed E-state index contributed by atoms with van der Waals surface area (Å²) in [7, 11) is 0. The number of rotatable bonds is 2. The van der Waals surface area contributed by atoms with Crippen molar-refractivity contribution in [2.45, 2.75) is 6.92 Å². The first kappa shape index (κ1) is 11.2. The molecule has 1 heterocycles. The molecule has 0 radical (unpaired) electrons. The molecular formula is C16H13NS. The number of hydrogen-bond donors (Lipinski definition) is 0. The molecule has 0 saturated heterocycles. The Kier molecular flexibility index (Phi) is 2.95. The lowest BCUT2D eigenvalue weighted by molar-refractivity contribution is 1.42. The summed E-state index contributed by atoms with van der Waals surface area (Å²) in [6, 6.07) is 18.6. The van der Waals surface area contributed by atoms with Gasteiger partial charge in [0.15, 0.2) is 0 Å². The van der Waals surface area contributed by atoms with Crippen LogP contribution >= 0.6 is 11.3 Å². The minimum Gasteiger partial charge on any atom is -0.236 e. The van der Waals surface area contributed by atoms with E-state index in [0.29, 0.717) is 0 Å². The van der Waals surface area contributed by atoms with E-state index in [1.54, 1.807) is 11.3 Å². The van der Waals surface area contributed by atoms with E-state index in [-0.39, 0.29) is 0 Å². The Morgan fingerprint density at radius 3 is 2.50 bits per heavy atom. The number of hydrogen-bond acceptors (Lipinski definition) is 2. The van der Waals surface area contributed by atoms with Crippen LogP contribution in [0, 0.1) is 0 Å². The van der Waals surface area contributed by atoms with Crippen LogP contribution in [-0.4, -0.2) is 4.98 Å². The molecule has 18 heavy (non-hydrogen) atoms. The van der Waals surface area contributed by atoms with Crippen LogP contribution in [0.3, 0.4) is 0 Å². The summed E-state index contributed by atoms with van der Waals surface area (Å²) < 4.78 is 1.24. The molecule has 0 saturated carbocycles. The Balaban J connectivity index is 2.01. The topological polar surface area (TPSA) is 12.9 Å². The van der Waals surface area contributed by atoms with E-state index >= 15 is 0 Å². The first-order chi connectivity index (χ1) is 8.83. The minimum atomic E-state index is 1.08. The van der Waals surface area contributed by atoms with Gasteiger partial charge in [0, 0.05) is 0 Å². The molecule has 0 aliphatic rings. The summed E-state index contributed by atoms with van der Waals surface area (Å²) >= 11 is 1.75. The number of benzene rings is 2. The molecule has 0 aliphatic heterocycles. The summed E-state index contributed by atoms with van der Waals surface area (Å²) in [6.07, 6.45) is 2.18. The highest BCUT2D eigenvalue weighted by molar-refractivity contribution is 7.19. The second-order valence-corrected chi connectivity index (χ2v) is 5.26. The Bertz CT molecular complexity index is 662. The number of allylic oxidation sites excluding steroid dienone is 1. The smallest absolute Gasteiger partial charge is 0.120 e. The SMILES string of the molecule is C/C(=C/c1ccccc1)c1nc2ccccc2s1. The quantitative estimate of drug-likeness (QED) is 0.634. The normalized spacial score (nSPS) is 11.9. The molecular weight excluding hydrogens is 238 g/mol. The highest BCUT2D eigenvalue weighted by atomic mass is 32.1. The molecule has 3 rings (SSSR count). The lowest BCUT2D eigenvalue weighted by Crippen LogP contribution is -1.77. The predicted molar refractivity (Wildman–Crippen MR) is 79.6 cm³/mol. The van der Waals surface area contributed by atoms with Crippen LogP contribution in [0.1, 0.15) is 17.5 Å². The lowest BCUT2D eigenvalue weighted by Gasteiger charge is -1.96. The van der Waals surface area contributed by atoms with Crippen LogP contribution in [0.5, 0.6) is 0 Å². The summed E-state index contributed by atoms with van der Waals surface area (Å²) in [6.45, 7) is 2.12. The van der Waals surface area contributed by atoms with Gasteiger partial charge in [0.05, 0.1) is 10.2 Å². The monoisotopic (exact) mass is 251 g/mol. The number of aromatic nitrogens is 1. The Hall–Kier alpha value is -1.93. The minimum absolute atomic E-state index is 1.08. The molecule has 1 aromatic heterocycles. The molecule has 2 heteroatoms. The van der Waals surface area contributed by atoms with E-state index in [0.717, 1.165) is 10.5 Å². The summed E-state index contributed by atoms with van der Waals surface area (Å²) in [5, 5.41) is 1.10. The van der Waals surface area contributed by atoms with Crippen molar-refractivity contribution >= 4 is 33.2 Å². The maximum Gasteiger partial charge on any atom is 0.120 e. The van der Waals surface area contributed by atoms with Crippen molar-refractivity contribution in [1.29, 1.82) is 0 Å². The molecule has 2 aromatic carbocycles. The van der Waals surface area contributed by atoms with Crippen molar-refractivity contribution in [3.05, 3.63) is 65.2 Å². The zero-order chi connectivity index (χ0) is 12.4. The van der Waals surface area contributed by atoms with Crippen molar-refractivity contribution in [3.8, 4) is 0 Å². The molecule has 1 nitrogen and oxygen atoms in total. The van der Waals surface area contributed by atoms with Crippen LogP contribution in [0.2, 0.25) is 0 Å². The van der Waals surface area contributed by atoms with Crippen molar-refractivity contribution < 1.29 is 0 Å². The van der Waals surface area contributed by atoms with Gasteiger partial charge in [-0.25, -0.2) is 4.98 Å². The largest absolute Gasteiger partial charge is 0.236 e. The molecule has 0 bridgehead atoms. The van der Waals surface area contributed by atoms with Gasteiger partial charge >= 0.3 is 0 Å². The van der Waals surface area contributed by atoms with Crippen LogP contribution in [-0.2, 0) is 0 Å². The fourth-order valence-electron chi connectivity index (χ4n) is 1.90. The average Bonchev–Trinajstić information content (AvgIpc) is 2.84. The molecule has 0 N–H and O–H groups in total. The van der Waals surface area contributed by atoms with Crippen molar-refractivity contribution in [2.75, 3.05) is 0 Å². The third kappa shape index (κ3) is 2.20. The lowest BCUT2D eigenvalue weighted by atomic mass is 10.1. The van der Waals surface area contributed by atoms with Crippen LogP contribution in [0.4, 0.5) is 0 Å².